The van der Waals surface area contributed by atoms with Gasteiger partial charge in [0.15, 0.2) is 23.6 Å². The first kappa shape index (κ1) is 24.3. The number of ether oxygens (including phenoxy) is 2. The summed E-state index contributed by atoms with van der Waals surface area (Å²) in [7, 11) is 0. The number of rotatable bonds is 8. The highest BCUT2D eigenvalue weighted by atomic mass is 19.4. The molecule has 13 heteroatoms. The second kappa shape index (κ2) is 9.43. The van der Waals surface area contributed by atoms with Gasteiger partial charge in [-0.05, 0) is 33.3 Å². The minimum Gasteiger partial charge on any atom is -0.464 e. The Labute approximate surface area is 173 Å². The summed E-state index contributed by atoms with van der Waals surface area (Å²) in [6, 6.07) is 0.534. The van der Waals surface area contributed by atoms with Crippen LogP contribution in [-0.2, 0) is 18.0 Å². The highest BCUT2D eigenvalue weighted by Gasteiger charge is 2.39. The molecule has 0 aliphatic heterocycles. The molecule has 2 rings (SSSR count). The van der Waals surface area contributed by atoms with Gasteiger partial charge >= 0.3 is 17.8 Å². The Morgan fingerprint density at radius 2 is 1.90 bits per heavy atom. The molecule has 0 bridgehead atoms. The molecule has 0 amide bonds. The maximum Gasteiger partial charge on any atom is 0.425 e. The number of esters is 1. The molecular weight excluding hydrogens is 431 g/mol. The zero-order chi connectivity index (χ0) is 23.5. The van der Waals surface area contributed by atoms with Gasteiger partial charge in [-0.2, -0.15) is 22.8 Å². The van der Waals surface area contributed by atoms with E-state index in [0.29, 0.717) is 24.1 Å². The number of pyridine rings is 1. The maximum absolute atomic E-state index is 14.7. The molecule has 2 aromatic rings. The molecule has 0 spiro atoms. The second-order valence-corrected chi connectivity index (χ2v) is 6.80. The number of carbonyl (C=O) groups excluding carboxylic acids is 1. The molecule has 0 aromatic carbocycles. The van der Waals surface area contributed by atoms with E-state index < -0.39 is 59.8 Å². The topological polar surface area (TPSA) is 88.2 Å². The van der Waals surface area contributed by atoms with E-state index in [1.165, 1.54) is 13.8 Å². The predicted octanol–water partition coefficient (Wildman–Crippen LogP) is 3.34. The van der Waals surface area contributed by atoms with Crippen LogP contribution >= 0.6 is 0 Å². The lowest BCUT2D eigenvalue weighted by atomic mass is 10.2. The van der Waals surface area contributed by atoms with Gasteiger partial charge < -0.3 is 9.47 Å². The first-order valence-corrected chi connectivity index (χ1v) is 9.30. The Morgan fingerprint density at radius 1 is 1.26 bits per heavy atom. The van der Waals surface area contributed by atoms with Crippen LogP contribution in [-0.4, -0.2) is 43.7 Å². The van der Waals surface area contributed by atoms with Crippen LogP contribution in [0.5, 0.6) is 5.88 Å². The van der Waals surface area contributed by atoms with Gasteiger partial charge in [-0.25, -0.2) is 18.4 Å². The molecule has 31 heavy (non-hydrogen) atoms. The molecule has 0 saturated carbocycles. The van der Waals surface area contributed by atoms with Crippen LogP contribution in [0.25, 0.3) is 5.82 Å². The van der Waals surface area contributed by atoms with Crippen molar-refractivity contribution in [3.8, 4) is 11.7 Å². The van der Waals surface area contributed by atoms with Gasteiger partial charge in [0, 0.05) is 6.54 Å². The lowest BCUT2D eigenvalue weighted by molar-refractivity contribution is -0.190. The summed E-state index contributed by atoms with van der Waals surface area (Å²) in [4.78, 5) is 28.4. The number of hydrogen-bond donors (Lipinski definition) is 0. The third kappa shape index (κ3) is 5.39. The van der Waals surface area contributed by atoms with Crippen molar-refractivity contribution in [3.05, 3.63) is 33.8 Å². The minimum atomic E-state index is -4.82. The second-order valence-electron chi connectivity index (χ2n) is 6.80. The zero-order valence-corrected chi connectivity index (χ0v) is 17.2. The summed E-state index contributed by atoms with van der Waals surface area (Å²) in [5.41, 5.74) is -1.66. The SMILES string of the molecule is CCCn1c(CF)nn(-c2nc(O[C@@H](C)C(F)(F)F)c(C(=O)OC(C)C)cc2F)c1=O. The van der Waals surface area contributed by atoms with E-state index in [9.17, 15) is 31.5 Å². The summed E-state index contributed by atoms with van der Waals surface area (Å²) in [5, 5.41) is 3.67. The van der Waals surface area contributed by atoms with Crippen LogP contribution < -0.4 is 10.4 Å². The molecule has 1 atom stereocenters. The Kier molecular flexibility index (Phi) is 7.39. The number of alkyl halides is 4. The Hall–Kier alpha value is -2.99. The number of carbonyl (C=O) groups is 1. The summed E-state index contributed by atoms with van der Waals surface area (Å²) >= 11 is 0. The predicted molar refractivity (Wildman–Crippen MR) is 97.4 cm³/mol. The number of hydrogen-bond acceptors (Lipinski definition) is 6. The summed E-state index contributed by atoms with van der Waals surface area (Å²) < 4.78 is 77.9. The number of aromatic nitrogens is 4. The van der Waals surface area contributed by atoms with Crippen molar-refractivity contribution in [1.82, 2.24) is 19.3 Å². The van der Waals surface area contributed by atoms with E-state index in [2.05, 4.69) is 10.1 Å². The molecule has 8 nitrogen and oxygen atoms in total. The van der Waals surface area contributed by atoms with Crippen LogP contribution in [0.2, 0.25) is 0 Å². The van der Waals surface area contributed by atoms with Crippen molar-refractivity contribution >= 4 is 5.97 Å². The lowest BCUT2D eigenvalue weighted by Gasteiger charge is -2.19. The van der Waals surface area contributed by atoms with Gasteiger partial charge in [-0.3, -0.25) is 4.57 Å². The summed E-state index contributed by atoms with van der Waals surface area (Å²) in [5.74, 6) is -4.52. The fraction of sp³-hybridized carbons (Fsp3) is 0.556. The van der Waals surface area contributed by atoms with Crippen molar-refractivity contribution in [2.75, 3.05) is 0 Å². The third-order valence-corrected chi connectivity index (χ3v) is 3.94. The van der Waals surface area contributed by atoms with Gasteiger partial charge in [0.2, 0.25) is 5.88 Å². The van der Waals surface area contributed by atoms with Crippen LogP contribution in [0.15, 0.2) is 10.9 Å². The monoisotopic (exact) mass is 452 g/mol. The quantitative estimate of drug-likeness (QED) is 0.451. The molecule has 2 aromatic heterocycles. The smallest absolute Gasteiger partial charge is 0.425 e. The van der Waals surface area contributed by atoms with Crippen LogP contribution in [0, 0.1) is 5.82 Å². The molecule has 0 radical (unpaired) electrons. The largest absolute Gasteiger partial charge is 0.464 e. The van der Waals surface area contributed by atoms with Crippen LogP contribution in [0.4, 0.5) is 22.0 Å². The molecule has 0 aliphatic carbocycles. The number of halogens is 5. The highest BCUT2D eigenvalue weighted by molar-refractivity contribution is 5.92. The van der Waals surface area contributed by atoms with Gasteiger partial charge in [0.1, 0.15) is 12.2 Å². The van der Waals surface area contributed by atoms with Gasteiger partial charge in [-0.15, -0.1) is 5.10 Å². The fourth-order valence-corrected chi connectivity index (χ4v) is 2.48. The Morgan fingerprint density at radius 3 is 2.42 bits per heavy atom. The van der Waals surface area contributed by atoms with Crippen molar-refractivity contribution in [1.29, 1.82) is 0 Å². The molecule has 0 fully saturated rings. The van der Waals surface area contributed by atoms with E-state index in [1.54, 1.807) is 6.92 Å². The first-order valence-electron chi connectivity index (χ1n) is 9.30. The lowest BCUT2D eigenvalue weighted by Crippen LogP contribution is -2.32. The Bertz CT molecular complexity index is 1000. The first-order chi connectivity index (χ1) is 14.4. The summed E-state index contributed by atoms with van der Waals surface area (Å²) in [6.45, 7) is 4.26. The minimum absolute atomic E-state index is 0.0764. The van der Waals surface area contributed by atoms with Crippen LogP contribution in [0.1, 0.15) is 50.3 Å². The van der Waals surface area contributed by atoms with E-state index in [1.807, 2.05) is 0 Å². The van der Waals surface area contributed by atoms with E-state index in [-0.39, 0.29) is 12.4 Å². The average molecular weight is 452 g/mol. The molecule has 0 N–H and O–H groups in total. The number of nitrogens with zero attached hydrogens (tertiary/aromatic N) is 4. The van der Waals surface area contributed by atoms with Crippen molar-refractivity contribution in [3.63, 3.8) is 0 Å². The molecule has 0 aliphatic rings. The molecule has 172 valence electrons. The van der Waals surface area contributed by atoms with E-state index >= 15 is 0 Å². The zero-order valence-electron chi connectivity index (χ0n) is 17.2. The van der Waals surface area contributed by atoms with E-state index in [4.69, 9.17) is 9.47 Å². The normalized spacial score (nSPS) is 12.8. The van der Waals surface area contributed by atoms with Crippen LogP contribution in [0.3, 0.4) is 0 Å². The van der Waals surface area contributed by atoms with E-state index in [0.717, 1.165) is 4.57 Å². The van der Waals surface area contributed by atoms with Crippen molar-refractivity contribution in [2.24, 2.45) is 0 Å². The third-order valence-electron chi connectivity index (χ3n) is 3.94. The summed E-state index contributed by atoms with van der Waals surface area (Å²) in [6.07, 6.45) is -7.47. The average Bonchev–Trinajstić information content (AvgIpc) is 2.97. The molecule has 2 heterocycles. The highest BCUT2D eigenvalue weighted by Crippen LogP contribution is 2.28. The van der Waals surface area contributed by atoms with Crippen molar-refractivity contribution in [2.45, 2.75) is 65.7 Å². The van der Waals surface area contributed by atoms with Gasteiger partial charge in [-0.1, -0.05) is 6.92 Å². The Balaban J connectivity index is 2.67. The standard InChI is InChI=1S/C18H21F5N4O4/c1-5-6-26-13(8-19)25-27(17(26)29)14-12(20)7-11(16(28)30-9(2)3)15(24-14)31-10(4)18(21,22)23/h7,9-10H,5-6,8H2,1-4H3/t10-/m0/s1. The van der Waals surface area contributed by atoms with Gasteiger partial charge in [0.25, 0.3) is 0 Å². The molecule has 0 unspecified atom stereocenters. The molecular formula is C18H21F5N4O4. The van der Waals surface area contributed by atoms with Gasteiger partial charge in [0.05, 0.1) is 6.10 Å². The van der Waals surface area contributed by atoms with Crippen molar-refractivity contribution < 1.29 is 36.2 Å². The fourth-order valence-electron chi connectivity index (χ4n) is 2.48. The maximum atomic E-state index is 14.7. The molecule has 0 saturated heterocycles.